The van der Waals surface area contributed by atoms with E-state index in [1.165, 1.54) is 0 Å². The lowest BCUT2D eigenvalue weighted by Crippen LogP contribution is -1.88. The van der Waals surface area contributed by atoms with Crippen molar-refractivity contribution in [1.29, 1.82) is 0 Å². The Labute approximate surface area is 284 Å². The van der Waals surface area contributed by atoms with E-state index in [-0.39, 0.29) is 0 Å². The molecule has 0 fully saturated rings. The van der Waals surface area contributed by atoms with Gasteiger partial charge in [0.25, 0.3) is 0 Å². The highest BCUT2D eigenvalue weighted by atomic mass is 16.3. The largest absolute Gasteiger partial charge is 0.455 e. The molecule has 0 aliphatic heterocycles. The van der Waals surface area contributed by atoms with Gasteiger partial charge in [0.15, 0.2) is 0 Å². The molecule has 3 heterocycles. The zero-order chi connectivity index (χ0) is 32.6. The van der Waals surface area contributed by atoms with Crippen LogP contribution in [0.5, 0.6) is 0 Å². The first-order chi connectivity index (χ1) is 24.3. The van der Waals surface area contributed by atoms with Gasteiger partial charge in [-0.1, -0.05) is 158 Å². The lowest BCUT2D eigenvalue weighted by atomic mass is 9.98. The van der Waals surface area contributed by atoms with Crippen LogP contribution in [0.1, 0.15) is 0 Å². The van der Waals surface area contributed by atoms with Crippen LogP contribution in [-0.4, -0.2) is 9.97 Å². The predicted molar refractivity (Wildman–Crippen MR) is 202 cm³/mol. The number of aromatic nitrogens is 2. The maximum absolute atomic E-state index is 6.76. The predicted octanol–water partition coefficient (Wildman–Crippen LogP) is 12.4. The third-order valence-electron chi connectivity index (χ3n) is 9.14. The Balaban J connectivity index is 1.05. The summed E-state index contributed by atoms with van der Waals surface area (Å²) in [6.07, 6.45) is 0. The molecular formula is C46H30N2O. The van der Waals surface area contributed by atoms with Gasteiger partial charge in [-0.2, -0.15) is 0 Å². The Kier molecular flexibility index (Phi) is 7.14. The second-order valence-electron chi connectivity index (χ2n) is 12.2. The molecule has 0 amide bonds. The average molecular weight is 627 g/mol. The van der Waals surface area contributed by atoms with E-state index >= 15 is 0 Å². The molecule has 0 atom stereocenters. The molecule has 9 rings (SSSR count). The van der Waals surface area contributed by atoms with Crippen LogP contribution in [0.3, 0.4) is 0 Å². The molecule has 0 aliphatic carbocycles. The molecule has 0 unspecified atom stereocenters. The minimum atomic E-state index is 0.889. The summed E-state index contributed by atoms with van der Waals surface area (Å²) >= 11 is 0. The minimum absolute atomic E-state index is 0.889. The Morgan fingerprint density at radius 3 is 0.980 bits per heavy atom. The van der Waals surface area contributed by atoms with Crippen LogP contribution < -0.4 is 0 Å². The van der Waals surface area contributed by atoms with Gasteiger partial charge in [0.05, 0.1) is 22.8 Å². The van der Waals surface area contributed by atoms with Gasteiger partial charge >= 0.3 is 0 Å². The second-order valence-corrected chi connectivity index (χ2v) is 12.2. The number of nitrogens with zero attached hydrogens (tertiary/aromatic N) is 2. The standard InChI is InChI=1S/C46H30N2O/c1-3-11-33(12-4-1)41-19-9-21-43(47-41)35-27-23-31(24-28-35)37-15-7-17-39-40-18-8-16-38(46(40)49-45(37)39)32-25-29-36(30-26-32)44-22-10-20-42(48-44)34-13-5-2-6-14-34/h1-30H. The number of hydrogen-bond donors (Lipinski definition) is 0. The molecule has 230 valence electrons. The molecule has 0 N–H and O–H groups in total. The summed E-state index contributed by atoms with van der Waals surface area (Å²) in [6.45, 7) is 0. The Bertz CT molecular complexity index is 2390. The van der Waals surface area contributed by atoms with Crippen molar-refractivity contribution in [2.45, 2.75) is 0 Å². The van der Waals surface area contributed by atoms with Crippen molar-refractivity contribution in [3.8, 4) is 67.3 Å². The summed E-state index contributed by atoms with van der Waals surface area (Å²) in [4.78, 5) is 9.90. The molecule has 6 aromatic carbocycles. The Hall–Kier alpha value is -6.58. The molecule has 0 bridgehead atoms. The van der Waals surface area contributed by atoms with Crippen molar-refractivity contribution in [3.63, 3.8) is 0 Å². The number of benzene rings is 6. The molecule has 3 nitrogen and oxygen atoms in total. The first-order valence-corrected chi connectivity index (χ1v) is 16.5. The second kappa shape index (κ2) is 12.2. The molecule has 0 spiro atoms. The fourth-order valence-corrected chi connectivity index (χ4v) is 6.65. The Morgan fingerprint density at radius 2 is 0.592 bits per heavy atom. The third-order valence-corrected chi connectivity index (χ3v) is 9.14. The molecule has 0 radical (unpaired) electrons. The average Bonchev–Trinajstić information content (AvgIpc) is 3.58. The van der Waals surface area contributed by atoms with Crippen LogP contribution in [0.15, 0.2) is 186 Å². The molecule has 3 heteroatoms. The van der Waals surface area contributed by atoms with Crippen molar-refractivity contribution >= 4 is 21.9 Å². The minimum Gasteiger partial charge on any atom is -0.455 e. The Morgan fingerprint density at radius 1 is 0.265 bits per heavy atom. The molecular weight excluding hydrogens is 597 g/mol. The lowest BCUT2D eigenvalue weighted by molar-refractivity contribution is 0.671. The van der Waals surface area contributed by atoms with Gasteiger partial charge in [0, 0.05) is 44.2 Å². The maximum Gasteiger partial charge on any atom is 0.143 e. The summed E-state index contributed by atoms with van der Waals surface area (Å²) in [5.74, 6) is 0. The SMILES string of the molecule is c1ccc(-c2cccc(-c3ccc(-c4cccc5c4oc4c(-c6ccc(-c7cccc(-c8ccccc8)n7)cc6)cccc45)cc3)n2)cc1. The quantitative estimate of drug-likeness (QED) is 0.184. The van der Waals surface area contributed by atoms with E-state index in [0.717, 1.165) is 89.2 Å². The van der Waals surface area contributed by atoms with E-state index in [2.05, 4.69) is 146 Å². The summed E-state index contributed by atoms with van der Waals surface area (Å²) in [5, 5.41) is 2.21. The van der Waals surface area contributed by atoms with E-state index < -0.39 is 0 Å². The van der Waals surface area contributed by atoms with Crippen LogP contribution >= 0.6 is 0 Å². The summed E-state index contributed by atoms with van der Waals surface area (Å²) in [7, 11) is 0. The van der Waals surface area contributed by atoms with Gasteiger partial charge in [-0.3, -0.25) is 0 Å². The van der Waals surface area contributed by atoms with Crippen LogP contribution in [0, 0.1) is 0 Å². The molecule has 0 saturated carbocycles. The highest BCUT2D eigenvalue weighted by molar-refractivity contribution is 6.13. The van der Waals surface area contributed by atoms with Gasteiger partial charge in [-0.05, 0) is 35.4 Å². The van der Waals surface area contributed by atoms with Crippen molar-refractivity contribution in [1.82, 2.24) is 9.97 Å². The number of pyridine rings is 2. The molecule has 49 heavy (non-hydrogen) atoms. The van der Waals surface area contributed by atoms with Gasteiger partial charge < -0.3 is 4.42 Å². The monoisotopic (exact) mass is 626 g/mol. The molecule has 9 aromatic rings. The number of hydrogen-bond acceptors (Lipinski definition) is 3. The van der Waals surface area contributed by atoms with Gasteiger partial charge in [-0.25, -0.2) is 9.97 Å². The zero-order valence-electron chi connectivity index (χ0n) is 26.6. The first-order valence-electron chi connectivity index (χ1n) is 16.5. The van der Waals surface area contributed by atoms with Crippen LogP contribution in [0.25, 0.3) is 89.2 Å². The van der Waals surface area contributed by atoms with Crippen LogP contribution in [0.2, 0.25) is 0 Å². The highest BCUT2D eigenvalue weighted by Gasteiger charge is 2.16. The van der Waals surface area contributed by atoms with Crippen molar-refractivity contribution in [3.05, 3.63) is 182 Å². The third kappa shape index (κ3) is 5.38. The lowest BCUT2D eigenvalue weighted by Gasteiger charge is -2.07. The van der Waals surface area contributed by atoms with Crippen molar-refractivity contribution in [2.75, 3.05) is 0 Å². The van der Waals surface area contributed by atoms with Gasteiger partial charge in [0.2, 0.25) is 0 Å². The van der Waals surface area contributed by atoms with Gasteiger partial charge in [-0.15, -0.1) is 0 Å². The van der Waals surface area contributed by atoms with Crippen molar-refractivity contribution in [2.24, 2.45) is 0 Å². The number of rotatable bonds is 6. The van der Waals surface area contributed by atoms with Crippen LogP contribution in [-0.2, 0) is 0 Å². The fraction of sp³-hybridized carbons (Fsp3) is 0. The van der Waals surface area contributed by atoms with Crippen LogP contribution in [0.4, 0.5) is 0 Å². The summed E-state index contributed by atoms with van der Waals surface area (Å²) in [6, 6.07) is 63.0. The summed E-state index contributed by atoms with van der Waals surface area (Å²) < 4.78 is 6.76. The van der Waals surface area contributed by atoms with E-state index in [0.29, 0.717) is 0 Å². The maximum atomic E-state index is 6.76. The number of furan rings is 1. The topological polar surface area (TPSA) is 38.9 Å². The van der Waals surface area contributed by atoms with E-state index in [1.807, 2.05) is 36.4 Å². The van der Waals surface area contributed by atoms with E-state index in [4.69, 9.17) is 14.4 Å². The summed E-state index contributed by atoms with van der Waals surface area (Å²) in [5.41, 5.74) is 14.3. The van der Waals surface area contributed by atoms with E-state index in [1.54, 1.807) is 0 Å². The smallest absolute Gasteiger partial charge is 0.143 e. The normalized spacial score (nSPS) is 11.3. The molecule has 3 aromatic heterocycles. The molecule has 0 aliphatic rings. The van der Waals surface area contributed by atoms with E-state index in [9.17, 15) is 0 Å². The fourth-order valence-electron chi connectivity index (χ4n) is 6.65. The molecule has 0 saturated heterocycles. The number of para-hydroxylation sites is 2. The first kappa shape index (κ1) is 28.6. The number of fused-ring (bicyclic) bond motifs is 3. The highest BCUT2D eigenvalue weighted by Crippen LogP contribution is 2.40. The van der Waals surface area contributed by atoms with Gasteiger partial charge in [0.1, 0.15) is 11.2 Å². The van der Waals surface area contributed by atoms with Crippen molar-refractivity contribution < 1.29 is 4.42 Å². The zero-order valence-corrected chi connectivity index (χ0v) is 26.6.